The largest absolute Gasteiger partial charge is 0.376 e. The van der Waals surface area contributed by atoms with Gasteiger partial charge >= 0.3 is 6.03 Å². The van der Waals surface area contributed by atoms with E-state index in [4.69, 9.17) is 16.3 Å². The topological polar surface area (TPSA) is 61.9 Å². The summed E-state index contributed by atoms with van der Waals surface area (Å²) in [6.07, 6.45) is 1.61. The van der Waals surface area contributed by atoms with E-state index in [1.54, 1.807) is 16.2 Å². The maximum atomic E-state index is 13.5. The first-order valence-corrected chi connectivity index (χ1v) is 12.7. The molecule has 1 fully saturated rings. The van der Waals surface area contributed by atoms with Crippen molar-refractivity contribution in [2.24, 2.45) is 0 Å². The number of hydrogen-bond donors (Lipinski definition) is 1. The van der Waals surface area contributed by atoms with E-state index in [1.165, 1.54) is 23.1 Å². The van der Waals surface area contributed by atoms with Crippen molar-refractivity contribution < 1.29 is 18.7 Å². The lowest BCUT2D eigenvalue weighted by Crippen LogP contribution is -2.46. The average molecular weight is 516 g/mol. The van der Waals surface area contributed by atoms with Crippen molar-refractivity contribution in [3.05, 3.63) is 87.3 Å². The molecule has 1 aromatic heterocycles. The van der Waals surface area contributed by atoms with Gasteiger partial charge in [0, 0.05) is 30.3 Å². The van der Waals surface area contributed by atoms with Crippen LogP contribution in [-0.4, -0.2) is 47.5 Å². The fraction of sp³-hybridized carbons (Fsp3) is 0.308. The fourth-order valence-electron chi connectivity index (χ4n) is 3.92. The van der Waals surface area contributed by atoms with E-state index in [9.17, 15) is 14.0 Å². The van der Waals surface area contributed by atoms with E-state index in [0.29, 0.717) is 25.4 Å². The van der Waals surface area contributed by atoms with Crippen LogP contribution in [0.3, 0.4) is 0 Å². The molecule has 0 aliphatic carbocycles. The Hall–Kier alpha value is -2.94. The van der Waals surface area contributed by atoms with Crippen LogP contribution in [0.2, 0.25) is 5.02 Å². The Balaban J connectivity index is 1.50. The highest BCUT2D eigenvalue weighted by atomic mass is 35.5. The molecule has 1 aliphatic heterocycles. The van der Waals surface area contributed by atoms with Crippen LogP contribution >= 0.6 is 22.9 Å². The molecule has 4 rings (SSSR count). The lowest BCUT2D eigenvalue weighted by molar-refractivity contribution is -0.133. The Kier molecular flexibility index (Phi) is 8.74. The minimum Gasteiger partial charge on any atom is -0.376 e. The minimum atomic E-state index is -0.568. The van der Waals surface area contributed by atoms with Crippen molar-refractivity contribution in [1.82, 2.24) is 9.80 Å². The zero-order valence-corrected chi connectivity index (χ0v) is 20.7. The van der Waals surface area contributed by atoms with Crippen LogP contribution in [0.1, 0.15) is 23.3 Å². The van der Waals surface area contributed by atoms with Crippen molar-refractivity contribution in [2.45, 2.75) is 32.0 Å². The maximum Gasteiger partial charge on any atom is 0.322 e. The number of hydrogen-bond acceptors (Lipinski definition) is 4. The van der Waals surface area contributed by atoms with E-state index in [2.05, 4.69) is 5.32 Å². The number of urea groups is 1. The van der Waals surface area contributed by atoms with Crippen molar-refractivity contribution in [2.75, 3.05) is 25.0 Å². The standard InChI is InChI=1S/C26H27ClFN3O3S/c27-23-14-20(10-11-24(23)28)29-26(33)31(16-21-8-4-12-34-21)18-25(32)30(17-22-9-5-13-35-22)15-19-6-2-1-3-7-19/h1-3,5-7,9-11,13-14,21H,4,8,12,15-18H2,(H,29,33). The highest BCUT2D eigenvalue weighted by molar-refractivity contribution is 7.09. The lowest BCUT2D eigenvalue weighted by Gasteiger charge is -2.29. The lowest BCUT2D eigenvalue weighted by atomic mass is 10.2. The number of nitrogens with one attached hydrogen (secondary N) is 1. The van der Waals surface area contributed by atoms with Crippen molar-refractivity contribution in [1.29, 1.82) is 0 Å². The average Bonchev–Trinajstić information content (AvgIpc) is 3.56. The van der Waals surface area contributed by atoms with Crippen molar-refractivity contribution in [3.63, 3.8) is 0 Å². The molecule has 184 valence electrons. The second kappa shape index (κ2) is 12.2. The third-order valence-corrected chi connectivity index (χ3v) is 6.88. The predicted octanol–water partition coefficient (Wildman–Crippen LogP) is 5.78. The van der Waals surface area contributed by atoms with Crippen LogP contribution in [0.5, 0.6) is 0 Å². The summed E-state index contributed by atoms with van der Waals surface area (Å²) < 4.78 is 19.3. The van der Waals surface area contributed by atoms with Gasteiger partial charge < -0.3 is 19.9 Å². The van der Waals surface area contributed by atoms with E-state index in [0.717, 1.165) is 23.3 Å². The van der Waals surface area contributed by atoms with Crippen molar-refractivity contribution in [3.8, 4) is 0 Å². The SMILES string of the molecule is O=C(CN(CC1CCCO1)C(=O)Nc1ccc(F)c(Cl)c1)N(Cc1ccccc1)Cc1cccs1. The number of anilines is 1. The highest BCUT2D eigenvalue weighted by Crippen LogP contribution is 2.21. The van der Waals surface area contributed by atoms with E-state index in [1.807, 2.05) is 47.8 Å². The van der Waals surface area contributed by atoms with Gasteiger partial charge in [0.2, 0.25) is 5.91 Å². The third kappa shape index (κ3) is 7.27. The number of carbonyl (C=O) groups excluding carboxylic acids is 2. The molecule has 1 unspecified atom stereocenters. The molecular weight excluding hydrogens is 489 g/mol. The normalized spacial score (nSPS) is 15.1. The van der Waals surface area contributed by atoms with E-state index < -0.39 is 11.8 Å². The van der Waals surface area contributed by atoms with Crippen LogP contribution in [0.4, 0.5) is 14.9 Å². The molecule has 2 heterocycles. The summed E-state index contributed by atoms with van der Waals surface area (Å²) in [6.45, 7) is 1.69. The molecule has 2 aromatic carbocycles. The molecule has 3 aromatic rings. The van der Waals surface area contributed by atoms with Crippen LogP contribution < -0.4 is 5.32 Å². The molecule has 1 saturated heterocycles. The third-order valence-electron chi connectivity index (χ3n) is 5.73. The summed E-state index contributed by atoms with van der Waals surface area (Å²) >= 11 is 7.45. The molecule has 6 nitrogen and oxygen atoms in total. The summed E-state index contributed by atoms with van der Waals surface area (Å²) in [7, 11) is 0. The number of rotatable bonds is 9. The van der Waals surface area contributed by atoms with E-state index >= 15 is 0 Å². The van der Waals surface area contributed by atoms with Crippen LogP contribution in [-0.2, 0) is 22.6 Å². The molecule has 1 N–H and O–H groups in total. The summed E-state index contributed by atoms with van der Waals surface area (Å²) in [5.74, 6) is -0.742. The first kappa shape index (κ1) is 25.2. The number of halogens is 2. The summed E-state index contributed by atoms with van der Waals surface area (Å²) in [6, 6.07) is 17.2. The summed E-state index contributed by atoms with van der Waals surface area (Å²) in [4.78, 5) is 31.0. The van der Waals surface area contributed by atoms with Crippen molar-refractivity contribution >= 4 is 40.6 Å². The second-order valence-electron chi connectivity index (χ2n) is 8.39. The summed E-state index contributed by atoms with van der Waals surface area (Å²) in [5.41, 5.74) is 1.36. The van der Waals surface area contributed by atoms with Crippen LogP contribution in [0.25, 0.3) is 0 Å². The quantitative estimate of drug-likeness (QED) is 0.393. The Morgan fingerprint density at radius 1 is 1.09 bits per heavy atom. The van der Waals surface area contributed by atoms with Gasteiger partial charge in [-0.15, -0.1) is 11.3 Å². The number of amides is 3. The number of ether oxygens (including phenoxy) is 1. The fourth-order valence-corrected chi connectivity index (χ4v) is 4.82. The molecule has 0 bridgehead atoms. The maximum absolute atomic E-state index is 13.5. The van der Waals surface area contributed by atoms with Gasteiger partial charge in [-0.25, -0.2) is 9.18 Å². The van der Waals surface area contributed by atoms with Crippen LogP contribution in [0, 0.1) is 5.82 Å². The molecule has 0 spiro atoms. The minimum absolute atomic E-state index is 0.0884. The molecule has 9 heteroatoms. The number of thiophene rings is 1. The molecule has 3 amide bonds. The summed E-state index contributed by atoms with van der Waals surface area (Å²) in [5, 5.41) is 4.62. The van der Waals surface area contributed by atoms with E-state index in [-0.39, 0.29) is 30.1 Å². The van der Waals surface area contributed by atoms with Gasteiger partial charge in [0.15, 0.2) is 0 Å². The van der Waals surface area contributed by atoms with Gasteiger partial charge in [-0.3, -0.25) is 4.79 Å². The van der Waals surface area contributed by atoms with Gasteiger partial charge in [-0.05, 0) is 48.1 Å². The zero-order valence-electron chi connectivity index (χ0n) is 19.2. The molecule has 0 saturated carbocycles. The molecule has 1 aliphatic rings. The molecule has 35 heavy (non-hydrogen) atoms. The Bertz CT molecular complexity index is 1120. The van der Waals surface area contributed by atoms with Gasteiger partial charge in [-0.2, -0.15) is 0 Å². The van der Waals surface area contributed by atoms with Gasteiger partial charge in [-0.1, -0.05) is 48.0 Å². The Labute approximate surface area is 213 Å². The first-order chi connectivity index (χ1) is 17.0. The molecular formula is C26H27ClFN3O3S. The number of carbonyl (C=O) groups is 2. The molecule has 0 radical (unpaired) electrons. The number of nitrogens with zero attached hydrogens (tertiary/aromatic N) is 2. The molecule has 1 atom stereocenters. The first-order valence-electron chi connectivity index (χ1n) is 11.4. The Morgan fingerprint density at radius 2 is 1.91 bits per heavy atom. The van der Waals surface area contributed by atoms with Crippen LogP contribution in [0.15, 0.2) is 66.0 Å². The number of benzene rings is 2. The van der Waals surface area contributed by atoms with Gasteiger partial charge in [0.05, 0.1) is 17.7 Å². The van der Waals surface area contributed by atoms with Gasteiger partial charge in [0.1, 0.15) is 12.4 Å². The Morgan fingerprint density at radius 3 is 2.60 bits per heavy atom. The monoisotopic (exact) mass is 515 g/mol. The van der Waals surface area contributed by atoms with Gasteiger partial charge in [0.25, 0.3) is 0 Å². The predicted molar refractivity (Wildman–Crippen MR) is 136 cm³/mol. The zero-order chi connectivity index (χ0) is 24.6. The highest BCUT2D eigenvalue weighted by Gasteiger charge is 2.27. The smallest absolute Gasteiger partial charge is 0.322 e. The second-order valence-corrected chi connectivity index (χ2v) is 9.83.